The number of carbonyl (C=O) groups is 1. The van der Waals surface area contributed by atoms with Crippen molar-refractivity contribution in [3.8, 4) is 17.2 Å². The van der Waals surface area contributed by atoms with Gasteiger partial charge in [0.05, 0.1) is 12.0 Å². The summed E-state index contributed by atoms with van der Waals surface area (Å²) >= 11 is 0. The van der Waals surface area contributed by atoms with E-state index in [0.717, 1.165) is 23.0 Å². The third kappa shape index (κ3) is 4.40. The molecule has 0 unspecified atom stereocenters. The molecule has 4 rings (SSSR count). The number of aromatic amines is 1. The molecular formula is C22H17F3N2O4. The summed E-state index contributed by atoms with van der Waals surface area (Å²) in [6.07, 6.45) is -2.86. The van der Waals surface area contributed by atoms with Crippen molar-refractivity contribution in [3.63, 3.8) is 0 Å². The normalized spacial score (nSPS) is 11.7. The fourth-order valence-corrected chi connectivity index (χ4v) is 3.20. The maximum Gasteiger partial charge on any atom is 0.416 e. The van der Waals surface area contributed by atoms with Gasteiger partial charge in [0.1, 0.15) is 23.8 Å². The van der Waals surface area contributed by atoms with E-state index in [4.69, 9.17) is 14.3 Å². The molecule has 0 amide bonds. The second-order valence-corrected chi connectivity index (χ2v) is 6.98. The Kier molecular flexibility index (Phi) is 5.18. The van der Waals surface area contributed by atoms with E-state index in [2.05, 4.69) is 9.97 Å². The lowest BCUT2D eigenvalue weighted by Crippen LogP contribution is -2.04. The molecule has 0 bridgehead atoms. The number of nitrogens with one attached hydrogen (secondary N) is 1. The van der Waals surface area contributed by atoms with Gasteiger partial charge in [-0.3, -0.25) is 4.79 Å². The van der Waals surface area contributed by atoms with Crippen LogP contribution in [0.15, 0.2) is 53.1 Å². The van der Waals surface area contributed by atoms with Crippen LogP contribution in [0.5, 0.6) is 5.75 Å². The van der Waals surface area contributed by atoms with Gasteiger partial charge in [0.25, 0.3) is 0 Å². The van der Waals surface area contributed by atoms with E-state index >= 15 is 0 Å². The van der Waals surface area contributed by atoms with Gasteiger partial charge in [0.2, 0.25) is 5.89 Å². The minimum atomic E-state index is -4.41. The molecule has 2 aromatic carbocycles. The van der Waals surface area contributed by atoms with Gasteiger partial charge in [-0.2, -0.15) is 13.2 Å². The van der Waals surface area contributed by atoms with Gasteiger partial charge in [-0.05, 0) is 55.0 Å². The van der Waals surface area contributed by atoms with Crippen LogP contribution in [0.1, 0.15) is 22.6 Å². The minimum absolute atomic E-state index is 0.0835. The molecule has 0 radical (unpaired) electrons. The van der Waals surface area contributed by atoms with Gasteiger partial charge in [0, 0.05) is 22.7 Å². The van der Waals surface area contributed by atoms with Crippen molar-refractivity contribution >= 4 is 16.9 Å². The van der Waals surface area contributed by atoms with Gasteiger partial charge < -0.3 is 19.2 Å². The number of fused-ring (bicyclic) bond motifs is 1. The van der Waals surface area contributed by atoms with Crippen LogP contribution in [0.4, 0.5) is 13.2 Å². The van der Waals surface area contributed by atoms with E-state index in [0.29, 0.717) is 28.3 Å². The number of nitrogens with zero attached hydrogens (tertiary/aromatic N) is 1. The SMILES string of the molecule is Cc1oc(-c2ccc(C(F)(F)F)cc2)nc1COc1ccc2[nH]cc(CC(=O)O)c2c1. The highest BCUT2D eigenvalue weighted by molar-refractivity contribution is 5.88. The highest BCUT2D eigenvalue weighted by atomic mass is 19.4. The molecule has 0 aliphatic carbocycles. The maximum atomic E-state index is 12.7. The molecule has 2 aromatic heterocycles. The molecule has 2 heterocycles. The van der Waals surface area contributed by atoms with E-state index in [1.54, 1.807) is 31.3 Å². The quantitative estimate of drug-likeness (QED) is 0.430. The first-order chi connectivity index (χ1) is 14.7. The average Bonchev–Trinajstić information content (AvgIpc) is 3.28. The van der Waals surface area contributed by atoms with Crippen LogP contribution in [-0.4, -0.2) is 21.0 Å². The number of carboxylic acid groups (broad SMARTS) is 1. The highest BCUT2D eigenvalue weighted by Crippen LogP contribution is 2.31. The maximum absolute atomic E-state index is 12.7. The average molecular weight is 430 g/mol. The molecule has 31 heavy (non-hydrogen) atoms. The summed E-state index contributed by atoms with van der Waals surface area (Å²) in [4.78, 5) is 18.4. The highest BCUT2D eigenvalue weighted by Gasteiger charge is 2.30. The molecule has 4 aromatic rings. The number of aromatic nitrogens is 2. The summed E-state index contributed by atoms with van der Waals surface area (Å²) in [5, 5.41) is 9.78. The Labute approximate surface area is 174 Å². The van der Waals surface area contributed by atoms with Crippen molar-refractivity contribution in [3.05, 3.63) is 71.2 Å². The summed E-state index contributed by atoms with van der Waals surface area (Å²) in [7, 11) is 0. The number of alkyl halides is 3. The number of ether oxygens (including phenoxy) is 1. The van der Waals surface area contributed by atoms with Gasteiger partial charge in [-0.25, -0.2) is 4.98 Å². The third-order valence-corrected chi connectivity index (χ3v) is 4.81. The Morgan fingerprint density at radius 1 is 1.19 bits per heavy atom. The van der Waals surface area contributed by atoms with Gasteiger partial charge >= 0.3 is 12.1 Å². The third-order valence-electron chi connectivity index (χ3n) is 4.81. The lowest BCUT2D eigenvalue weighted by Gasteiger charge is -2.06. The Morgan fingerprint density at radius 3 is 2.61 bits per heavy atom. The predicted molar refractivity (Wildman–Crippen MR) is 106 cm³/mol. The van der Waals surface area contributed by atoms with E-state index in [9.17, 15) is 18.0 Å². The topological polar surface area (TPSA) is 88.4 Å². The lowest BCUT2D eigenvalue weighted by atomic mass is 10.1. The van der Waals surface area contributed by atoms with Crippen LogP contribution < -0.4 is 4.74 Å². The summed E-state index contributed by atoms with van der Waals surface area (Å²) in [5.41, 5.74) is 1.63. The van der Waals surface area contributed by atoms with Crippen LogP contribution >= 0.6 is 0 Å². The second-order valence-electron chi connectivity index (χ2n) is 6.98. The molecule has 160 valence electrons. The number of rotatable bonds is 6. The molecule has 0 aliphatic rings. The molecule has 0 saturated carbocycles. The second kappa shape index (κ2) is 7.82. The van der Waals surface area contributed by atoms with Crippen LogP contribution in [0.25, 0.3) is 22.4 Å². The lowest BCUT2D eigenvalue weighted by molar-refractivity contribution is -0.138. The number of benzene rings is 2. The number of oxazole rings is 1. The molecule has 0 atom stereocenters. The van der Waals surface area contributed by atoms with Crippen molar-refractivity contribution < 1.29 is 32.2 Å². The van der Waals surface area contributed by atoms with Gasteiger partial charge in [-0.1, -0.05) is 0 Å². The fourth-order valence-electron chi connectivity index (χ4n) is 3.20. The van der Waals surface area contributed by atoms with E-state index in [1.807, 2.05) is 0 Å². The van der Waals surface area contributed by atoms with E-state index < -0.39 is 17.7 Å². The molecule has 0 aliphatic heterocycles. The molecule has 0 spiro atoms. The molecule has 0 fully saturated rings. The number of hydrogen-bond donors (Lipinski definition) is 2. The van der Waals surface area contributed by atoms with Crippen molar-refractivity contribution in [1.82, 2.24) is 9.97 Å². The van der Waals surface area contributed by atoms with Crippen LogP contribution in [0, 0.1) is 6.92 Å². The molecule has 9 heteroatoms. The van der Waals surface area contributed by atoms with E-state index in [-0.39, 0.29) is 18.9 Å². The molecule has 2 N–H and O–H groups in total. The van der Waals surface area contributed by atoms with Crippen LogP contribution in [0.2, 0.25) is 0 Å². The molecule has 6 nitrogen and oxygen atoms in total. The largest absolute Gasteiger partial charge is 0.487 e. The standard InChI is InChI=1S/C22H17F3N2O4/c1-12-19(27-21(31-12)13-2-4-15(5-3-13)22(23,24)25)11-30-16-6-7-18-17(9-16)14(10-26-18)8-20(28)29/h2-7,9-10,26H,8,11H2,1H3,(H,28,29). The zero-order valence-corrected chi connectivity index (χ0v) is 16.3. The molecular weight excluding hydrogens is 413 g/mol. The number of halogens is 3. The number of hydrogen-bond acceptors (Lipinski definition) is 4. The van der Waals surface area contributed by atoms with Crippen molar-refractivity contribution in [2.45, 2.75) is 26.1 Å². The van der Waals surface area contributed by atoms with Gasteiger partial charge in [0.15, 0.2) is 0 Å². The summed E-state index contributed by atoms with van der Waals surface area (Å²) in [5.74, 6) is 0.289. The summed E-state index contributed by atoms with van der Waals surface area (Å²) in [6.45, 7) is 1.78. The van der Waals surface area contributed by atoms with Gasteiger partial charge in [-0.15, -0.1) is 0 Å². The summed E-state index contributed by atoms with van der Waals surface area (Å²) < 4.78 is 49.6. The first-order valence-corrected chi connectivity index (χ1v) is 9.29. The fraction of sp³-hybridized carbons (Fsp3) is 0.182. The van der Waals surface area contributed by atoms with Crippen molar-refractivity contribution in [2.75, 3.05) is 0 Å². The predicted octanol–water partition coefficient (Wildman–Crippen LogP) is 5.36. The Hall–Kier alpha value is -3.75. The van der Waals surface area contributed by atoms with Crippen LogP contribution in [0.3, 0.4) is 0 Å². The zero-order chi connectivity index (χ0) is 22.2. The number of carboxylic acids is 1. The van der Waals surface area contributed by atoms with Crippen molar-refractivity contribution in [1.29, 1.82) is 0 Å². The minimum Gasteiger partial charge on any atom is -0.487 e. The zero-order valence-electron chi connectivity index (χ0n) is 16.3. The smallest absolute Gasteiger partial charge is 0.416 e. The number of H-pyrrole nitrogens is 1. The Balaban J connectivity index is 1.51. The van der Waals surface area contributed by atoms with Crippen molar-refractivity contribution in [2.24, 2.45) is 0 Å². The summed E-state index contributed by atoms with van der Waals surface area (Å²) in [6, 6.07) is 9.86. The van der Waals surface area contributed by atoms with E-state index in [1.165, 1.54) is 12.1 Å². The Morgan fingerprint density at radius 2 is 1.94 bits per heavy atom. The number of aryl methyl sites for hydroxylation is 1. The first-order valence-electron chi connectivity index (χ1n) is 9.29. The Bertz CT molecular complexity index is 1240. The monoisotopic (exact) mass is 430 g/mol. The number of aliphatic carboxylic acids is 1. The van der Waals surface area contributed by atoms with Crippen LogP contribution in [-0.2, 0) is 24.0 Å². The first kappa shape index (κ1) is 20.5. The molecule has 0 saturated heterocycles.